The van der Waals surface area contributed by atoms with E-state index < -0.39 is 0 Å². The first kappa shape index (κ1) is 16.8. The maximum Gasteiger partial charge on any atom is 0.221 e. The lowest BCUT2D eigenvalue weighted by molar-refractivity contribution is -0.121. The largest absolute Gasteiger partial charge is 0.494 e. The van der Waals surface area contributed by atoms with E-state index in [4.69, 9.17) is 4.74 Å². The van der Waals surface area contributed by atoms with Crippen molar-refractivity contribution in [3.63, 3.8) is 0 Å². The first-order valence-electron chi connectivity index (χ1n) is 8.49. The van der Waals surface area contributed by atoms with E-state index in [9.17, 15) is 4.79 Å². The van der Waals surface area contributed by atoms with Crippen LogP contribution in [0, 0.1) is 0 Å². The minimum atomic E-state index is 0.152. The third-order valence-electron chi connectivity index (χ3n) is 4.02. The standard InChI is InChI=1S/C18H28N2O2/c1-2-3-13-22-17-8-6-15(7-9-17)10-12-20-18(21)14-16-5-4-11-19-16/h6-9,16,19H,2-5,10-14H2,1H3,(H,20,21). The third kappa shape index (κ3) is 6.06. The van der Waals surface area contributed by atoms with E-state index in [1.54, 1.807) is 0 Å². The fourth-order valence-electron chi connectivity index (χ4n) is 2.66. The van der Waals surface area contributed by atoms with Crippen LogP contribution in [-0.2, 0) is 11.2 Å². The van der Waals surface area contributed by atoms with Gasteiger partial charge in [0.2, 0.25) is 5.91 Å². The van der Waals surface area contributed by atoms with Crippen LogP contribution in [0.4, 0.5) is 0 Å². The monoisotopic (exact) mass is 304 g/mol. The highest BCUT2D eigenvalue weighted by Crippen LogP contribution is 2.13. The van der Waals surface area contributed by atoms with Crippen LogP contribution in [0.5, 0.6) is 5.75 Å². The minimum Gasteiger partial charge on any atom is -0.494 e. The van der Waals surface area contributed by atoms with E-state index in [1.807, 2.05) is 12.1 Å². The van der Waals surface area contributed by atoms with Gasteiger partial charge in [-0.05, 0) is 49.9 Å². The molecule has 1 heterocycles. The molecule has 22 heavy (non-hydrogen) atoms. The molecule has 1 fully saturated rings. The molecule has 0 aliphatic carbocycles. The van der Waals surface area contributed by atoms with Crippen molar-refractivity contribution in [2.24, 2.45) is 0 Å². The van der Waals surface area contributed by atoms with Gasteiger partial charge in [-0.25, -0.2) is 0 Å². The molecule has 1 aliphatic heterocycles. The zero-order chi connectivity index (χ0) is 15.6. The molecule has 4 heteroatoms. The molecular formula is C18H28N2O2. The van der Waals surface area contributed by atoms with Crippen LogP contribution in [-0.4, -0.2) is 31.6 Å². The quantitative estimate of drug-likeness (QED) is 0.690. The topological polar surface area (TPSA) is 50.4 Å². The first-order chi connectivity index (χ1) is 10.8. The fraction of sp³-hybridized carbons (Fsp3) is 0.611. The summed E-state index contributed by atoms with van der Waals surface area (Å²) in [4.78, 5) is 11.8. The molecule has 1 atom stereocenters. The van der Waals surface area contributed by atoms with E-state index in [2.05, 4.69) is 29.7 Å². The van der Waals surface area contributed by atoms with Crippen molar-refractivity contribution in [3.05, 3.63) is 29.8 Å². The van der Waals surface area contributed by atoms with Crippen molar-refractivity contribution in [2.45, 2.75) is 51.5 Å². The highest BCUT2D eigenvalue weighted by Gasteiger charge is 2.17. The lowest BCUT2D eigenvalue weighted by atomic mass is 10.1. The highest BCUT2D eigenvalue weighted by molar-refractivity contribution is 5.76. The third-order valence-corrected chi connectivity index (χ3v) is 4.02. The Morgan fingerprint density at radius 3 is 2.86 bits per heavy atom. The van der Waals surface area contributed by atoms with Gasteiger partial charge >= 0.3 is 0 Å². The molecule has 0 bridgehead atoms. The molecule has 1 aliphatic rings. The molecule has 0 radical (unpaired) electrons. The minimum absolute atomic E-state index is 0.152. The molecule has 1 unspecified atom stereocenters. The van der Waals surface area contributed by atoms with Gasteiger partial charge in [0.15, 0.2) is 0 Å². The number of rotatable bonds is 9. The SMILES string of the molecule is CCCCOc1ccc(CCNC(=O)CC2CCCN2)cc1. The molecule has 1 saturated heterocycles. The van der Waals surface area contributed by atoms with Crippen LogP contribution < -0.4 is 15.4 Å². The van der Waals surface area contributed by atoms with Gasteiger partial charge in [0.05, 0.1) is 6.61 Å². The Kier molecular flexibility index (Phi) is 7.23. The lowest BCUT2D eigenvalue weighted by Crippen LogP contribution is -2.32. The van der Waals surface area contributed by atoms with Gasteiger partial charge in [0.1, 0.15) is 5.75 Å². The molecule has 0 saturated carbocycles. The number of carbonyl (C=O) groups excluding carboxylic acids is 1. The fourth-order valence-corrected chi connectivity index (χ4v) is 2.66. The summed E-state index contributed by atoms with van der Waals surface area (Å²) in [6.45, 7) is 4.68. The smallest absolute Gasteiger partial charge is 0.221 e. The van der Waals surface area contributed by atoms with E-state index >= 15 is 0 Å². The number of ether oxygens (including phenoxy) is 1. The number of amides is 1. The molecule has 122 valence electrons. The molecule has 4 nitrogen and oxygen atoms in total. The van der Waals surface area contributed by atoms with Crippen molar-refractivity contribution in [1.82, 2.24) is 10.6 Å². The number of nitrogens with one attached hydrogen (secondary N) is 2. The Labute approximate surface area is 133 Å². The Morgan fingerprint density at radius 2 is 2.18 bits per heavy atom. The van der Waals surface area contributed by atoms with E-state index in [-0.39, 0.29) is 5.91 Å². The maximum absolute atomic E-state index is 11.8. The Balaban J connectivity index is 1.62. The summed E-state index contributed by atoms with van der Waals surface area (Å²) >= 11 is 0. The lowest BCUT2D eigenvalue weighted by Gasteiger charge is -2.10. The zero-order valence-corrected chi connectivity index (χ0v) is 13.6. The Hall–Kier alpha value is -1.55. The van der Waals surface area contributed by atoms with Gasteiger partial charge in [-0.3, -0.25) is 4.79 Å². The van der Waals surface area contributed by atoms with Crippen LogP contribution in [0.2, 0.25) is 0 Å². The first-order valence-corrected chi connectivity index (χ1v) is 8.49. The van der Waals surface area contributed by atoms with Crippen LogP contribution in [0.3, 0.4) is 0 Å². The van der Waals surface area contributed by atoms with E-state index in [1.165, 1.54) is 12.0 Å². The zero-order valence-electron chi connectivity index (χ0n) is 13.6. The van der Waals surface area contributed by atoms with Gasteiger partial charge in [0.25, 0.3) is 0 Å². The summed E-state index contributed by atoms with van der Waals surface area (Å²) in [6, 6.07) is 8.54. The Bertz CT molecular complexity index is 439. The van der Waals surface area contributed by atoms with Crippen molar-refractivity contribution < 1.29 is 9.53 Å². The molecule has 1 amide bonds. The molecule has 2 rings (SSSR count). The highest BCUT2D eigenvalue weighted by atomic mass is 16.5. The second-order valence-electron chi connectivity index (χ2n) is 5.94. The average Bonchev–Trinajstić information content (AvgIpc) is 3.02. The van der Waals surface area contributed by atoms with Crippen LogP contribution in [0.25, 0.3) is 0 Å². The summed E-state index contributed by atoms with van der Waals surface area (Å²) in [5.74, 6) is 1.08. The van der Waals surface area contributed by atoms with Crippen molar-refractivity contribution in [2.75, 3.05) is 19.7 Å². The molecule has 0 spiro atoms. The molecule has 1 aromatic rings. The maximum atomic E-state index is 11.8. The molecule has 1 aromatic carbocycles. The summed E-state index contributed by atoms with van der Waals surface area (Å²) in [7, 11) is 0. The van der Waals surface area contributed by atoms with Gasteiger partial charge < -0.3 is 15.4 Å². The number of hydrogen-bond acceptors (Lipinski definition) is 3. The number of hydrogen-bond donors (Lipinski definition) is 2. The number of carbonyl (C=O) groups is 1. The van der Waals surface area contributed by atoms with E-state index in [0.29, 0.717) is 19.0 Å². The van der Waals surface area contributed by atoms with Crippen LogP contribution in [0.15, 0.2) is 24.3 Å². The van der Waals surface area contributed by atoms with Crippen molar-refractivity contribution in [3.8, 4) is 5.75 Å². The normalized spacial score (nSPS) is 17.4. The Morgan fingerprint density at radius 1 is 1.36 bits per heavy atom. The van der Waals surface area contributed by atoms with Gasteiger partial charge in [-0.2, -0.15) is 0 Å². The predicted octanol–water partition coefficient (Wildman–Crippen LogP) is 2.67. The number of benzene rings is 1. The summed E-state index contributed by atoms with van der Waals surface area (Å²) in [5, 5.41) is 6.35. The summed E-state index contributed by atoms with van der Waals surface area (Å²) < 4.78 is 5.64. The van der Waals surface area contributed by atoms with Crippen LogP contribution in [0.1, 0.15) is 44.6 Å². The molecule has 0 aromatic heterocycles. The summed E-state index contributed by atoms with van der Waals surface area (Å²) in [5.41, 5.74) is 1.22. The van der Waals surface area contributed by atoms with Gasteiger partial charge in [0, 0.05) is 19.0 Å². The summed E-state index contributed by atoms with van der Waals surface area (Å²) in [6.07, 6.45) is 6.00. The number of unbranched alkanes of at least 4 members (excludes halogenated alkanes) is 1. The van der Waals surface area contributed by atoms with Gasteiger partial charge in [-0.15, -0.1) is 0 Å². The van der Waals surface area contributed by atoms with Crippen LogP contribution >= 0.6 is 0 Å². The molecular weight excluding hydrogens is 276 g/mol. The molecule has 2 N–H and O–H groups in total. The van der Waals surface area contributed by atoms with Crippen molar-refractivity contribution in [1.29, 1.82) is 0 Å². The van der Waals surface area contributed by atoms with E-state index in [0.717, 1.165) is 44.6 Å². The van der Waals surface area contributed by atoms with Gasteiger partial charge in [-0.1, -0.05) is 25.5 Å². The second kappa shape index (κ2) is 9.46. The predicted molar refractivity (Wildman–Crippen MR) is 89.2 cm³/mol. The van der Waals surface area contributed by atoms with Crippen molar-refractivity contribution >= 4 is 5.91 Å². The second-order valence-corrected chi connectivity index (χ2v) is 5.94. The average molecular weight is 304 g/mol.